The van der Waals surface area contributed by atoms with Gasteiger partial charge in [0.2, 0.25) is 0 Å². The highest BCUT2D eigenvalue weighted by Crippen LogP contribution is 2.75. The average Bonchev–Trinajstić information content (AvgIpc) is 2.98. The molecular weight excluding hydrogens is 592 g/mol. The van der Waals surface area contributed by atoms with Crippen molar-refractivity contribution < 1.29 is 50.0 Å². The average molecular weight is 651 g/mol. The van der Waals surface area contributed by atoms with Crippen LogP contribution in [0.2, 0.25) is 0 Å². The predicted octanol–water partition coefficient (Wildman–Crippen LogP) is 3.00. The lowest BCUT2D eigenvalue weighted by atomic mass is 9.33. The first-order valence-electron chi connectivity index (χ1n) is 17.5. The molecule has 15 unspecified atom stereocenters. The number of fused-ring (bicyclic) bond motifs is 7. The number of rotatable bonds is 5. The first-order valence-corrected chi connectivity index (χ1v) is 17.5. The highest BCUT2D eigenvalue weighted by atomic mass is 16.7. The number of aliphatic hydroxyl groups excluding tert-OH is 6. The second-order valence-corrected chi connectivity index (χ2v) is 17.9. The molecule has 5 fully saturated rings. The summed E-state index contributed by atoms with van der Waals surface area (Å²) < 4.78 is 11.7. The third-order valence-corrected chi connectivity index (χ3v) is 15.2. The fourth-order valence-electron chi connectivity index (χ4n) is 12.2. The molecule has 10 heteroatoms. The highest BCUT2D eigenvalue weighted by Gasteiger charge is 2.70. The Kier molecular flexibility index (Phi) is 8.46. The summed E-state index contributed by atoms with van der Waals surface area (Å²) in [5, 5.41) is 74.5. The van der Waals surface area contributed by atoms with E-state index in [-0.39, 0.29) is 46.0 Å². The summed E-state index contributed by atoms with van der Waals surface area (Å²) in [6, 6.07) is 0. The predicted molar refractivity (Wildman–Crippen MR) is 168 cm³/mol. The van der Waals surface area contributed by atoms with Crippen LogP contribution in [-0.2, 0) is 14.3 Å². The minimum atomic E-state index is -1.57. The van der Waals surface area contributed by atoms with Crippen LogP contribution in [-0.4, -0.2) is 97.8 Å². The Morgan fingerprint density at radius 1 is 0.891 bits per heavy atom. The molecule has 0 radical (unpaired) electrons. The minimum absolute atomic E-state index is 0.00627. The molecule has 7 N–H and O–H groups in total. The van der Waals surface area contributed by atoms with Crippen molar-refractivity contribution in [3.63, 3.8) is 0 Å². The lowest BCUT2D eigenvalue weighted by Crippen LogP contribution is -2.68. The zero-order valence-electron chi connectivity index (χ0n) is 28.5. The molecular formula is C36H58O10. The number of carboxylic acid groups (broad SMARTS) is 1. The van der Waals surface area contributed by atoms with E-state index < -0.39 is 66.3 Å². The molecule has 0 bridgehead atoms. The number of ether oxygens (including phenoxy) is 2. The molecule has 0 spiro atoms. The fourth-order valence-corrected chi connectivity index (χ4v) is 12.2. The fraction of sp³-hybridized carbons (Fsp3) is 0.917. The maximum Gasteiger partial charge on any atom is 0.310 e. The van der Waals surface area contributed by atoms with Crippen LogP contribution in [0, 0.1) is 50.2 Å². The summed E-state index contributed by atoms with van der Waals surface area (Å²) in [4.78, 5) is 13.0. The Morgan fingerprint density at radius 3 is 2.22 bits per heavy atom. The summed E-state index contributed by atoms with van der Waals surface area (Å²) in [7, 11) is 0. The Bertz CT molecular complexity index is 1240. The number of aliphatic hydroxyl groups is 6. The number of aliphatic carboxylic acids is 1. The van der Waals surface area contributed by atoms with Crippen LogP contribution >= 0.6 is 0 Å². The lowest BCUT2D eigenvalue weighted by molar-refractivity contribution is -0.319. The first kappa shape index (κ1) is 34.7. The molecule has 0 aromatic carbocycles. The Hall–Kier alpha value is -1.11. The van der Waals surface area contributed by atoms with Crippen molar-refractivity contribution in [3.8, 4) is 0 Å². The zero-order valence-corrected chi connectivity index (χ0v) is 28.5. The van der Waals surface area contributed by atoms with Gasteiger partial charge in [0.25, 0.3) is 0 Å². The van der Waals surface area contributed by atoms with Gasteiger partial charge in [-0.2, -0.15) is 0 Å². The topological polar surface area (TPSA) is 177 Å². The molecule has 1 aliphatic heterocycles. The van der Waals surface area contributed by atoms with Crippen LogP contribution in [0.3, 0.4) is 0 Å². The van der Waals surface area contributed by atoms with E-state index in [1.54, 1.807) is 0 Å². The first-order chi connectivity index (χ1) is 21.3. The van der Waals surface area contributed by atoms with E-state index in [0.717, 1.165) is 38.5 Å². The van der Waals surface area contributed by atoms with Gasteiger partial charge < -0.3 is 45.2 Å². The van der Waals surface area contributed by atoms with E-state index in [2.05, 4.69) is 40.7 Å². The van der Waals surface area contributed by atoms with Crippen LogP contribution < -0.4 is 0 Å². The Morgan fingerprint density at radius 2 is 1.57 bits per heavy atom. The van der Waals surface area contributed by atoms with E-state index in [1.165, 1.54) is 5.57 Å². The van der Waals surface area contributed by atoms with Crippen molar-refractivity contribution in [1.82, 2.24) is 0 Å². The standard InChI is InChI=1S/C36H58O10/c1-31(2)11-13-36(30(43)44)14-12-34(5)19(20(36)15-31)7-8-24-32(3)16-21(38)28(42)33(4,23(32)9-10-35(24,34)6)18-45-29-27(41)26(40)25(39)22(17-37)46-29/h7,20-29,37-42H,8-18H2,1-6H3,(H,43,44). The summed E-state index contributed by atoms with van der Waals surface area (Å²) in [6.45, 7) is 12.9. The molecule has 262 valence electrons. The molecule has 15 atom stereocenters. The molecule has 4 saturated carbocycles. The molecule has 1 saturated heterocycles. The van der Waals surface area contributed by atoms with Crippen LogP contribution in [0.15, 0.2) is 11.6 Å². The largest absolute Gasteiger partial charge is 0.481 e. The highest BCUT2D eigenvalue weighted by molar-refractivity contribution is 5.76. The van der Waals surface area contributed by atoms with Gasteiger partial charge in [0, 0.05) is 5.41 Å². The molecule has 5 aliphatic carbocycles. The van der Waals surface area contributed by atoms with Crippen molar-refractivity contribution in [2.75, 3.05) is 13.2 Å². The van der Waals surface area contributed by atoms with Gasteiger partial charge in [-0.1, -0.05) is 53.2 Å². The number of allylic oxidation sites excluding steroid dienone is 2. The van der Waals surface area contributed by atoms with Gasteiger partial charge in [0.15, 0.2) is 6.29 Å². The van der Waals surface area contributed by atoms with Gasteiger partial charge in [0.05, 0.1) is 30.8 Å². The Labute approximate surface area is 273 Å². The van der Waals surface area contributed by atoms with E-state index >= 15 is 0 Å². The van der Waals surface area contributed by atoms with Crippen molar-refractivity contribution in [2.24, 2.45) is 50.2 Å². The van der Waals surface area contributed by atoms with Crippen LogP contribution in [0.5, 0.6) is 0 Å². The van der Waals surface area contributed by atoms with Crippen LogP contribution in [0.25, 0.3) is 0 Å². The second-order valence-electron chi connectivity index (χ2n) is 17.9. The Balaban J connectivity index is 1.33. The SMILES string of the molecule is CC1(C)CCC2(C(=O)O)CCC3(C)C(=CCC4C5(C)CC(O)C(O)C(C)(COC6OC(CO)C(O)C(O)C6O)C5CCC43C)C2C1. The second kappa shape index (κ2) is 11.2. The van der Waals surface area contributed by atoms with Crippen LogP contribution in [0.1, 0.15) is 99.3 Å². The van der Waals surface area contributed by atoms with E-state index in [0.29, 0.717) is 19.3 Å². The van der Waals surface area contributed by atoms with Gasteiger partial charge in [0.1, 0.15) is 24.4 Å². The molecule has 6 rings (SSSR count). The van der Waals surface area contributed by atoms with E-state index in [4.69, 9.17) is 9.47 Å². The molecule has 0 amide bonds. The number of hydrogen-bond donors (Lipinski definition) is 7. The molecule has 6 aliphatic rings. The van der Waals surface area contributed by atoms with Gasteiger partial charge in [-0.15, -0.1) is 0 Å². The van der Waals surface area contributed by atoms with E-state index in [9.17, 15) is 40.5 Å². The lowest BCUT2D eigenvalue weighted by Gasteiger charge is -2.71. The van der Waals surface area contributed by atoms with Gasteiger partial charge >= 0.3 is 5.97 Å². The summed E-state index contributed by atoms with van der Waals surface area (Å²) >= 11 is 0. The van der Waals surface area contributed by atoms with Gasteiger partial charge in [-0.25, -0.2) is 0 Å². The molecule has 0 aromatic rings. The van der Waals surface area contributed by atoms with Gasteiger partial charge in [-0.05, 0) is 97.2 Å². The van der Waals surface area contributed by atoms with Gasteiger partial charge in [-0.3, -0.25) is 4.79 Å². The third-order valence-electron chi connectivity index (χ3n) is 15.2. The normalized spacial score (nSPS) is 54.8. The number of carbonyl (C=O) groups is 1. The smallest absolute Gasteiger partial charge is 0.310 e. The summed E-state index contributed by atoms with van der Waals surface area (Å²) in [5.74, 6) is -0.518. The number of hydrogen-bond acceptors (Lipinski definition) is 9. The maximum atomic E-state index is 13.0. The summed E-state index contributed by atoms with van der Waals surface area (Å²) in [5.41, 5.74) is -0.930. The monoisotopic (exact) mass is 650 g/mol. The molecule has 46 heavy (non-hydrogen) atoms. The molecule has 10 nitrogen and oxygen atoms in total. The quantitative estimate of drug-likeness (QED) is 0.219. The zero-order chi connectivity index (χ0) is 33.8. The number of carboxylic acids is 1. The third kappa shape index (κ3) is 4.67. The minimum Gasteiger partial charge on any atom is -0.481 e. The summed E-state index contributed by atoms with van der Waals surface area (Å²) in [6.07, 6.45) is 0.117. The van der Waals surface area contributed by atoms with Crippen LogP contribution in [0.4, 0.5) is 0 Å². The molecule has 0 aromatic heterocycles. The van der Waals surface area contributed by atoms with E-state index in [1.807, 2.05) is 6.92 Å². The maximum absolute atomic E-state index is 13.0. The van der Waals surface area contributed by atoms with Crippen molar-refractivity contribution in [1.29, 1.82) is 0 Å². The van der Waals surface area contributed by atoms with Crippen molar-refractivity contribution >= 4 is 5.97 Å². The van der Waals surface area contributed by atoms with Crippen molar-refractivity contribution in [3.05, 3.63) is 11.6 Å². The van der Waals surface area contributed by atoms with Crippen molar-refractivity contribution in [2.45, 2.75) is 142 Å². The molecule has 1 heterocycles.